The number of hydrogen-bond acceptors (Lipinski definition) is 7. The lowest BCUT2D eigenvalue weighted by Gasteiger charge is -2.33. The number of aliphatic hydroxyl groups excluding tert-OH is 1. The number of ketones is 1. The minimum absolute atomic E-state index is 0.0333. The van der Waals surface area contributed by atoms with Gasteiger partial charge in [0.2, 0.25) is 5.91 Å². The standard InChI is InChI=1S/C26H41NO7/c1-5-6-7-8-9-15(2)12-16(3)10-11-19(29)27-18-14-26(34-24(18)30)22-20(32-22)25(31,13-17(4)28)21-23(26)33-21/h10-11,15-16,18,20-24,30-31H,5-9,12-14H2,1-4H3,(H,27,29)/b11-10+/t15-,16+,18+,20-,21+,22+,23-,24+,25?,26?/m1/s1. The molecule has 0 aromatic heterocycles. The SMILES string of the molecule is CCCCCC[C@@H](C)C[C@@H](C)/C=C/C(=O)N[C@H]1CC2(O[C@@H]1O)[C@@H]1O[C@@H]1C(O)(CC(C)=O)[C@@H]1O[C@@H]12. The molecular weight excluding hydrogens is 438 g/mol. The fourth-order valence-electron chi connectivity index (χ4n) is 6.17. The molecule has 0 bridgehead atoms. The van der Waals surface area contributed by atoms with Crippen LogP contribution in [0.1, 0.15) is 79.1 Å². The van der Waals surface area contributed by atoms with E-state index < -0.39 is 47.9 Å². The van der Waals surface area contributed by atoms with Gasteiger partial charge in [0.15, 0.2) is 6.29 Å². The van der Waals surface area contributed by atoms with Gasteiger partial charge >= 0.3 is 0 Å². The van der Waals surface area contributed by atoms with Crippen molar-refractivity contribution in [1.82, 2.24) is 5.32 Å². The van der Waals surface area contributed by atoms with Crippen molar-refractivity contribution in [3.8, 4) is 0 Å². The van der Waals surface area contributed by atoms with E-state index in [-0.39, 0.29) is 18.1 Å². The van der Waals surface area contributed by atoms with Crippen LogP contribution in [0.4, 0.5) is 0 Å². The molecule has 192 valence electrons. The predicted molar refractivity (Wildman–Crippen MR) is 125 cm³/mol. The molecule has 4 fully saturated rings. The normalized spacial score (nSPS) is 41.7. The number of allylic oxidation sites excluding steroid dienone is 1. The van der Waals surface area contributed by atoms with Crippen molar-refractivity contribution < 1.29 is 34.0 Å². The van der Waals surface area contributed by atoms with Gasteiger partial charge in [-0.2, -0.15) is 0 Å². The highest BCUT2D eigenvalue weighted by atomic mass is 16.7. The van der Waals surface area contributed by atoms with Crippen LogP contribution in [0.3, 0.4) is 0 Å². The van der Waals surface area contributed by atoms with E-state index in [1.165, 1.54) is 39.0 Å². The van der Waals surface area contributed by atoms with Gasteiger partial charge in [-0.25, -0.2) is 0 Å². The molecular formula is C26H41NO7. The highest BCUT2D eigenvalue weighted by molar-refractivity contribution is 5.87. The Kier molecular flexibility index (Phi) is 7.56. The number of epoxide rings is 2. The summed E-state index contributed by atoms with van der Waals surface area (Å²) >= 11 is 0. The highest BCUT2D eigenvalue weighted by Crippen LogP contribution is 2.62. The van der Waals surface area contributed by atoms with Crippen molar-refractivity contribution >= 4 is 11.7 Å². The van der Waals surface area contributed by atoms with Gasteiger partial charge in [-0.3, -0.25) is 9.59 Å². The number of nitrogens with one attached hydrogen (secondary N) is 1. The van der Waals surface area contributed by atoms with Crippen molar-refractivity contribution in [2.75, 3.05) is 0 Å². The number of aliphatic hydroxyl groups is 2. The molecule has 0 aromatic rings. The maximum Gasteiger partial charge on any atom is 0.244 e. The summed E-state index contributed by atoms with van der Waals surface area (Å²) in [7, 11) is 0. The highest BCUT2D eigenvalue weighted by Gasteiger charge is 2.83. The van der Waals surface area contributed by atoms with E-state index in [1.807, 2.05) is 6.08 Å². The van der Waals surface area contributed by atoms with Gasteiger partial charge in [0.25, 0.3) is 0 Å². The molecule has 10 atom stereocenters. The Bertz CT molecular complexity index is 780. The number of hydrogen-bond donors (Lipinski definition) is 3. The molecule has 1 aliphatic carbocycles. The van der Waals surface area contributed by atoms with Crippen molar-refractivity contribution in [2.24, 2.45) is 11.8 Å². The fraction of sp³-hybridized carbons (Fsp3) is 0.846. The number of fused-ring (bicyclic) bond motifs is 4. The Balaban J connectivity index is 1.26. The molecule has 1 saturated carbocycles. The van der Waals surface area contributed by atoms with Crippen LogP contribution in [0.5, 0.6) is 0 Å². The van der Waals surface area contributed by atoms with Crippen LogP contribution >= 0.6 is 0 Å². The van der Waals surface area contributed by atoms with Gasteiger partial charge in [0.1, 0.15) is 41.4 Å². The molecule has 4 aliphatic rings. The van der Waals surface area contributed by atoms with Gasteiger partial charge in [0, 0.05) is 12.8 Å². The maximum absolute atomic E-state index is 12.6. The molecule has 1 spiro atoms. The minimum Gasteiger partial charge on any atom is -0.384 e. The van der Waals surface area contributed by atoms with Crippen LogP contribution in [0.15, 0.2) is 12.2 Å². The van der Waals surface area contributed by atoms with Crippen molar-refractivity contribution in [3.05, 3.63) is 12.2 Å². The first-order valence-corrected chi connectivity index (χ1v) is 13.0. The molecule has 8 nitrogen and oxygen atoms in total. The number of carbonyl (C=O) groups excluding carboxylic acids is 2. The zero-order valence-electron chi connectivity index (χ0n) is 20.9. The van der Waals surface area contributed by atoms with Crippen molar-refractivity contribution in [3.63, 3.8) is 0 Å². The monoisotopic (exact) mass is 479 g/mol. The lowest BCUT2D eigenvalue weighted by Crippen LogP contribution is -2.57. The van der Waals surface area contributed by atoms with Crippen molar-refractivity contribution in [2.45, 2.75) is 127 Å². The third-order valence-corrected chi connectivity index (χ3v) is 7.92. The van der Waals surface area contributed by atoms with E-state index in [9.17, 15) is 19.8 Å². The summed E-state index contributed by atoms with van der Waals surface area (Å²) in [5.41, 5.74) is -2.27. The van der Waals surface area contributed by atoms with Crippen LogP contribution in [-0.2, 0) is 23.8 Å². The van der Waals surface area contributed by atoms with Gasteiger partial charge in [-0.1, -0.05) is 59.0 Å². The summed E-state index contributed by atoms with van der Waals surface area (Å²) in [4.78, 5) is 24.2. The molecule has 0 radical (unpaired) electrons. The summed E-state index contributed by atoms with van der Waals surface area (Å²) in [6.45, 7) is 8.04. The van der Waals surface area contributed by atoms with Crippen LogP contribution < -0.4 is 5.32 Å². The topological polar surface area (TPSA) is 121 Å². The average molecular weight is 480 g/mol. The number of carbonyl (C=O) groups is 2. The van der Waals surface area contributed by atoms with E-state index in [0.717, 1.165) is 6.42 Å². The summed E-state index contributed by atoms with van der Waals surface area (Å²) in [5, 5.41) is 24.4. The molecule has 3 saturated heterocycles. The summed E-state index contributed by atoms with van der Waals surface area (Å²) in [6.07, 6.45) is 7.87. The van der Waals surface area contributed by atoms with E-state index in [0.29, 0.717) is 18.3 Å². The largest absolute Gasteiger partial charge is 0.384 e. The van der Waals surface area contributed by atoms with Crippen LogP contribution in [0.2, 0.25) is 0 Å². The third kappa shape index (κ3) is 5.12. The second-order valence-corrected chi connectivity index (χ2v) is 11.1. The lowest BCUT2D eigenvalue weighted by atomic mass is 9.72. The zero-order chi connectivity index (χ0) is 24.7. The number of amides is 1. The molecule has 34 heavy (non-hydrogen) atoms. The molecule has 3 N–H and O–H groups in total. The minimum atomic E-state index is -1.35. The van der Waals surface area contributed by atoms with Gasteiger partial charge in [-0.15, -0.1) is 0 Å². The first kappa shape index (κ1) is 25.8. The lowest BCUT2D eigenvalue weighted by molar-refractivity contribution is -0.161. The van der Waals surface area contributed by atoms with Crippen LogP contribution in [0, 0.1) is 11.8 Å². The first-order valence-electron chi connectivity index (χ1n) is 13.0. The second-order valence-electron chi connectivity index (χ2n) is 11.1. The molecule has 3 heterocycles. The number of unbranched alkanes of at least 4 members (excludes halogenated alkanes) is 3. The summed E-state index contributed by atoms with van der Waals surface area (Å²) in [5.74, 6) is 0.515. The Morgan fingerprint density at radius 1 is 1.12 bits per heavy atom. The van der Waals surface area contributed by atoms with Gasteiger partial charge in [0.05, 0.1) is 6.04 Å². The fourth-order valence-corrected chi connectivity index (χ4v) is 6.17. The van der Waals surface area contributed by atoms with Crippen molar-refractivity contribution in [1.29, 1.82) is 0 Å². The van der Waals surface area contributed by atoms with Crippen LogP contribution in [-0.4, -0.2) is 69.9 Å². The van der Waals surface area contributed by atoms with E-state index in [1.54, 1.807) is 6.08 Å². The molecule has 8 heteroatoms. The quantitative estimate of drug-likeness (QED) is 0.223. The Labute approximate surface area is 202 Å². The van der Waals surface area contributed by atoms with E-state index in [2.05, 4.69) is 26.1 Å². The van der Waals surface area contributed by atoms with Gasteiger partial charge in [-0.05, 0) is 31.3 Å². The number of rotatable bonds is 12. The van der Waals surface area contributed by atoms with Gasteiger partial charge < -0.3 is 29.7 Å². The molecule has 2 unspecified atom stereocenters. The summed E-state index contributed by atoms with van der Waals surface area (Å²) < 4.78 is 17.4. The Morgan fingerprint density at radius 3 is 2.41 bits per heavy atom. The molecule has 0 aromatic carbocycles. The smallest absolute Gasteiger partial charge is 0.244 e. The maximum atomic E-state index is 12.6. The third-order valence-electron chi connectivity index (χ3n) is 7.92. The Hall–Kier alpha value is -1.32. The summed E-state index contributed by atoms with van der Waals surface area (Å²) in [6, 6.07) is -0.598. The predicted octanol–water partition coefficient (Wildman–Crippen LogP) is 2.40. The second kappa shape index (κ2) is 9.97. The molecule has 3 aliphatic heterocycles. The van der Waals surface area contributed by atoms with Crippen LogP contribution in [0.25, 0.3) is 0 Å². The van der Waals surface area contributed by atoms with E-state index >= 15 is 0 Å². The first-order chi connectivity index (χ1) is 16.1. The number of Topliss-reactive ketones (excluding diaryl/α,β-unsaturated/α-hetero) is 1. The molecule has 1 amide bonds. The average Bonchev–Trinajstić information content (AvgIpc) is 3.66. The zero-order valence-corrected chi connectivity index (χ0v) is 20.9. The Morgan fingerprint density at radius 2 is 1.79 bits per heavy atom. The number of ether oxygens (including phenoxy) is 3. The molecule has 4 rings (SSSR count). The van der Waals surface area contributed by atoms with E-state index in [4.69, 9.17) is 14.2 Å².